The predicted molar refractivity (Wildman–Crippen MR) is 120 cm³/mol. The van der Waals surface area contributed by atoms with Gasteiger partial charge in [-0.15, -0.1) is 5.01 Å². The van der Waals surface area contributed by atoms with Gasteiger partial charge in [0.25, 0.3) is 0 Å². The van der Waals surface area contributed by atoms with Gasteiger partial charge in [0.05, 0.1) is 12.0 Å². The maximum absolute atomic E-state index is 13.1. The molecular formula is C25H30N3O2+. The molecule has 156 valence electrons. The first-order valence-electron chi connectivity index (χ1n) is 11.0. The van der Waals surface area contributed by atoms with Crippen LogP contribution in [0.5, 0.6) is 0 Å². The molecule has 0 unspecified atom stereocenters. The zero-order chi connectivity index (χ0) is 20.9. The minimum atomic E-state index is -0.753. The number of amides is 1. The highest BCUT2D eigenvalue weighted by Gasteiger charge is 2.36. The molecule has 0 saturated heterocycles. The second-order valence-electron chi connectivity index (χ2n) is 8.34. The Kier molecular flexibility index (Phi) is 6.26. The van der Waals surface area contributed by atoms with E-state index in [-0.39, 0.29) is 5.91 Å². The molecule has 5 heteroatoms. The van der Waals surface area contributed by atoms with Gasteiger partial charge in [-0.1, -0.05) is 80.6 Å². The molecule has 1 fully saturated rings. The normalized spacial score (nSPS) is 19.6. The van der Waals surface area contributed by atoms with E-state index in [0.717, 1.165) is 33.7 Å². The summed E-state index contributed by atoms with van der Waals surface area (Å²) in [5.74, 6) is 0.582. The zero-order valence-corrected chi connectivity index (χ0v) is 17.6. The fourth-order valence-electron chi connectivity index (χ4n) is 4.60. The second kappa shape index (κ2) is 9.24. The summed E-state index contributed by atoms with van der Waals surface area (Å²) in [4.78, 5) is 26.7. The number of benzene rings is 2. The standard InChI is InChI=1S/C25H29N3O2/c1-27-23-15-9-8-14-21(23)22(20-12-6-3-7-13-20)18-24(28(27)30)26-25(29)17-16-19-10-4-2-5-11-19/h3,6-9,12-15,18-19,24H,2,4-5,10-11,16-17H2,1H3/p+1/t24-/m1/s1. The third kappa shape index (κ3) is 4.45. The van der Waals surface area contributed by atoms with E-state index in [9.17, 15) is 9.70 Å². The number of hydrogen-bond donors (Lipinski definition) is 1. The van der Waals surface area contributed by atoms with E-state index in [2.05, 4.69) is 5.32 Å². The van der Waals surface area contributed by atoms with Gasteiger partial charge in [0.15, 0.2) is 4.87 Å². The maximum Gasteiger partial charge on any atom is 0.328 e. The number of para-hydroxylation sites is 1. The van der Waals surface area contributed by atoms with Crippen LogP contribution in [0, 0.1) is 10.8 Å². The third-order valence-corrected chi connectivity index (χ3v) is 6.30. The monoisotopic (exact) mass is 404 g/mol. The minimum Gasteiger partial charge on any atom is -0.289 e. The molecule has 1 aliphatic heterocycles. The van der Waals surface area contributed by atoms with Crippen LogP contribution in [0.1, 0.15) is 56.1 Å². The maximum atomic E-state index is 13.1. The third-order valence-electron chi connectivity index (χ3n) is 6.30. The molecule has 2 aliphatic rings. The first-order chi connectivity index (χ1) is 14.6. The second-order valence-corrected chi connectivity index (χ2v) is 8.34. The van der Waals surface area contributed by atoms with E-state index < -0.39 is 6.17 Å². The van der Waals surface area contributed by atoms with Crippen LogP contribution in [0.15, 0.2) is 60.7 Å². The number of hydrogen-bond acceptors (Lipinski definition) is 2. The summed E-state index contributed by atoms with van der Waals surface area (Å²) in [6.07, 6.45) is 8.81. The summed E-state index contributed by atoms with van der Waals surface area (Å²) < 4.78 is 0. The SMILES string of the molecule is CN1c2ccccc2C(c2ccccc2)=C[C@H](NC(=O)CCC2CCCCC2)[N+]1=O. The fourth-order valence-corrected chi connectivity index (χ4v) is 4.60. The van der Waals surface area contributed by atoms with Crippen molar-refractivity contribution in [1.29, 1.82) is 0 Å². The lowest BCUT2D eigenvalue weighted by molar-refractivity contribution is -0.587. The number of rotatable bonds is 5. The molecule has 1 aliphatic carbocycles. The van der Waals surface area contributed by atoms with Crippen molar-refractivity contribution in [2.45, 2.75) is 51.1 Å². The lowest BCUT2D eigenvalue weighted by Gasteiger charge is -2.21. The molecule has 5 nitrogen and oxygen atoms in total. The molecule has 2 aromatic rings. The number of nitrogens with one attached hydrogen (secondary N) is 1. The highest BCUT2D eigenvalue weighted by molar-refractivity contribution is 5.87. The van der Waals surface area contributed by atoms with Gasteiger partial charge in [-0.2, -0.15) is 0 Å². The van der Waals surface area contributed by atoms with Crippen molar-refractivity contribution in [3.05, 3.63) is 76.7 Å². The molecule has 1 atom stereocenters. The topological polar surface area (TPSA) is 52.4 Å². The number of nitrogens with zero attached hydrogens (tertiary/aromatic N) is 2. The van der Waals surface area contributed by atoms with Crippen LogP contribution in [-0.2, 0) is 4.79 Å². The van der Waals surface area contributed by atoms with E-state index in [1.807, 2.05) is 60.7 Å². The Bertz CT molecular complexity index is 932. The Balaban J connectivity index is 1.57. The Morgan fingerprint density at radius 1 is 1.03 bits per heavy atom. The molecule has 0 aromatic heterocycles. The molecule has 4 rings (SSSR count). The highest BCUT2D eigenvalue weighted by Crippen LogP contribution is 2.34. The zero-order valence-electron chi connectivity index (χ0n) is 17.6. The number of carbonyl (C=O) groups excluding carboxylic acids is 1. The van der Waals surface area contributed by atoms with Crippen molar-refractivity contribution >= 4 is 17.2 Å². The van der Waals surface area contributed by atoms with Crippen LogP contribution in [-0.4, -0.2) is 24.0 Å². The van der Waals surface area contributed by atoms with Gasteiger partial charge in [0.2, 0.25) is 5.91 Å². The lowest BCUT2D eigenvalue weighted by Crippen LogP contribution is -2.46. The summed E-state index contributed by atoms with van der Waals surface area (Å²) in [5, 5.41) is 4.55. The van der Waals surface area contributed by atoms with Crippen LogP contribution in [0.4, 0.5) is 5.69 Å². The number of anilines is 1. The van der Waals surface area contributed by atoms with E-state index in [0.29, 0.717) is 12.3 Å². The van der Waals surface area contributed by atoms with Crippen LogP contribution >= 0.6 is 0 Å². The van der Waals surface area contributed by atoms with Crippen molar-refractivity contribution in [1.82, 2.24) is 5.32 Å². The quantitative estimate of drug-likeness (QED) is 0.708. The Hall–Kier alpha value is -2.95. The van der Waals surface area contributed by atoms with Crippen LogP contribution in [0.3, 0.4) is 0 Å². The largest absolute Gasteiger partial charge is 0.328 e. The summed E-state index contributed by atoms with van der Waals surface area (Å²) in [6, 6.07) is 17.9. The van der Waals surface area contributed by atoms with Gasteiger partial charge in [-0.25, -0.2) is 0 Å². The van der Waals surface area contributed by atoms with Crippen LogP contribution in [0.25, 0.3) is 5.57 Å². The average Bonchev–Trinajstić information content (AvgIpc) is 2.90. The summed E-state index contributed by atoms with van der Waals surface area (Å²) in [5.41, 5.74) is 3.77. The van der Waals surface area contributed by atoms with E-state index in [1.54, 1.807) is 12.1 Å². The van der Waals surface area contributed by atoms with Crippen molar-refractivity contribution in [2.24, 2.45) is 5.92 Å². The molecule has 0 radical (unpaired) electrons. The van der Waals surface area contributed by atoms with Crippen LogP contribution in [0.2, 0.25) is 0 Å². The first kappa shape index (κ1) is 20.3. The van der Waals surface area contributed by atoms with Gasteiger partial charge in [-0.3, -0.25) is 10.1 Å². The molecule has 1 N–H and O–H groups in total. The fraction of sp³-hybridized carbons (Fsp3) is 0.400. The molecule has 1 amide bonds. The van der Waals surface area contributed by atoms with Crippen molar-refractivity contribution in [3.63, 3.8) is 0 Å². The summed E-state index contributed by atoms with van der Waals surface area (Å²) in [7, 11) is 1.74. The van der Waals surface area contributed by atoms with Gasteiger partial charge in [-0.05, 0) is 29.5 Å². The molecular weight excluding hydrogens is 374 g/mol. The van der Waals surface area contributed by atoms with Gasteiger partial charge >= 0.3 is 6.17 Å². The smallest absolute Gasteiger partial charge is 0.289 e. The Morgan fingerprint density at radius 2 is 1.73 bits per heavy atom. The first-order valence-corrected chi connectivity index (χ1v) is 11.0. The van der Waals surface area contributed by atoms with Crippen molar-refractivity contribution in [3.8, 4) is 0 Å². The van der Waals surface area contributed by atoms with E-state index in [4.69, 9.17) is 0 Å². The molecule has 1 heterocycles. The molecule has 0 spiro atoms. The van der Waals surface area contributed by atoms with Gasteiger partial charge in [0, 0.05) is 18.1 Å². The van der Waals surface area contributed by atoms with E-state index in [1.165, 1.54) is 32.1 Å². The highest BCUT2D eigenvalue weighted by atomic mass is 16.3. The predicted octanol–water partition coefficient (Wildman–Crippen LogP) is 5.06. The lowest BCUT2D eigenvalue weighted by atomic mass is 9.86. The van der Waals surface area contributed by atoms with Gasteiger partial charge in [0.1, 0.15) is 5.69 Å². The number of nitroso groups, excluding NO2 is 1. The number of fused-ring (bicyclic) bond motifs is 1. The Morgan fingerprint density at radius 3 is 2.50 bits per heavy atom. The average molecular weight is 405 g/mol. The molecule has 2 aromatic carbocycles. The van der Waals surface area contributed by atoms with Crippen LogP contribution < -0.4 is 10.3 Å². The molecule has 0 bridgehead atoms. The molecule has 1 saturated carbocycles. The number of hydrazine groups is 1. The minimum absolute atomic E-state index is 0.0607. The molecule has 30 heavy (non-hydrogen) atoms. The van der Waals surface area contributed by atoms with Crippen molar-refractivity contribution < 1.29 is 9.66 Å². The summed E-state index contributed by atoms with van der Waals surface area (Å²) in [6.45, 7) is 0. The van der Waals surface area contributed by atoms with Gasteiger partial charge < -0.3 is 0 Å². The van der Waals surface area contributed by atoms with E-state index >= 15 is 0 Å². The Labute approximate surface area is 178 Å². The van der Waals surface area contributed by atoms with Crippen molar-refractivity contribution in [2.75, 3.05) is 12.1 Å². The number of carbonyl (C=O) groups is 1. The summed E-state index contributed by atoms with van der Waals surface area (Å²) >= 11 is 0.